The van der Waals surface area contributed by atoms with Crippen LogP contribution in [-0.2, 0) is 0 Å². The number of ether oxygens (including phenoxy) is 3. The molecule has 356 valence electrons. The van der Waals surface area contributed by atoms with Crippen molar-refractivity contribution in [3.8, 4) is 28.6 Å². The number of anilines is 2. The number of aromatic nitrogens is 6. The third-order valence-electron chi connectivity index (χ3n) is 6.73. The number of aryl methyl sites for hydroxylation is 3. The molecule has 0 saturated heterocycles. The van der Waals surface area contributed by atoms with E-state index in [0.29, 0.717) is 27.1 Å². The second kappa shape index (κ2) is 23.3. The van der Waals surface area contributed by atoms with Gasteiger partial charge in [-0.3, -0.25) is 4.57 Å². The molecular weight excluding hydrogens is 905 g/mol. The largest absolute Gasteiger partial charge is 0.573 e. The number of alkyl halides is 9. The molecule has 0 radical (unpaired) electrons. The zero-order valence-electron chi connectivity index (χ0n) is 32.9. The van der Waals surface area contributed by atoms with Gasteiger partial charge in [0.1, 0.15) is 35.6 Å². The SMILES string of the molecule is C.CO.Cc1cc(N)cc(OC(F)(F)F)c1.Cc1cc(OC(F)(F)F)cc(-n2cnc(N)c2)c1.Cc1cc(OC(F)(F)F)cc(-n2cnc([N+](=O)[O-])c2)c1.O=[N+]([O-])c1cn([N+](=O)[O-])cn1.[HH]. The van der Waals surface area contributed by atoms with Crippen molar-refractivity contribution >= 4 is 23.1 Å². The molecule has 0 atom stereocenters. The van der Waals surface area contributed by atoms with Crippen molar-refractivity contribution in [2.45, 2.75) is 47.3 Å². The first-order valence-corrected chi connectivity index (χ1v) is 16.7. The van der Waals surface area contributed by atoms with E-state index in [4.69, 9.17) is 16.6 Å². The molecule has 6 rings (SSSR count). The Bertz CT molecular complexity index is 2460. The number of hydrogen-bond acceptors (Lipinski definition) is 15. The van der Waals surface area contributed by atoms with Crippen LogP contribution in [0.25, 0.3) is 11.4 Å². The van der Waals surface area contributed by atoms with E-state index in [1.54, 1.807) is 39.0 Å². The van der Waals surface area contributed by atoms with Crippen LogP contribution >= 0.6 is 0 Å². The topological polar surface area (TPSA) is 283 Å². The second-order valence-electron chi connectivity index (χ2n) is 11.9. The first-order valence-electron chi connectivity index (χ1n) is 16.7. The van der Waals surface area contributed by atoms with Crippen LogP contribution in [0.1, 0.15) is 25.5 Å². The van der Waals surface area contributed by atoms with Gasteiger partial charge in [0.05, 0.1) is 17.6 Å². The van der Waals surface area contributed by atoms with E-state index in [1.807, 2.05) is 0 Å². The Kier molecular flexibility index (Phi) is 19.7. The average molecular weight is 944 g/mol. The summed E-state index contributed by atoms with van der Waals surface area (Å²) in [5.74, 6) is -1.61. The van der Waals surface area contributed by atoms with E-state index in [1.165, 1.54) is 45.9 Å². The van der Waals surface area contributed by atoms with E-state index < -0.39 is 51.4 Å². The molecule has 0 unspecified atom stereocenters. The minimum atomic E-state index is -4.80. The number of nitro groups is 3. The molecule has 65 heavy (non-hydrogen) atoms. The molecule has 0 aliphatic rings. The molecule has 6 aromatic rings. The quantitative estimate of drug-likeness (QED) is 0.0558. The summed E-state index contributed by atoms with van der Waals surface area (Å²) in [5.41, 5.74) is 13.6. The number of rotatable bonds is 8. The molecule has 5 N–H and O–H groups in total. The van der Waals surface area contributed by atoms with Crippen LogP contribution in [-0.4, -0.2) is 74.9 Å². The monoisotopic (exact) mass is 943 g/mol. The zero-order chi connectivity index (χ0) is 48.7. The highest BCUT2D eigenvalue weighted by molar-refractivity contribution is 5.47. The number of benzene rings is 3. The molecule has 3 heterocycles. The number of nitrogens with two attached hydrogens (primary N) is 2. The third-order valence-corrected chi connectivity index (χ3v) is 6.73. The minimum absolute atomic E-state index is 0. The number of aliphatic hydroxyl groups excluding tert-OH is 1. The Balaban J connectivity index is 0.000000854. The molecule has 30 heteroatoms. The van der Waals surface area contributed by atoms with Crippen molar-refractivity contribution in [3.05, 3.63) is 139 Å². The van der Waals surface area contributed by atoms with Crippen LogP contribution in [0.3, 0.4) is 0 Å². The van der Waals surface area contributed by atoms with Crippen LogP contribution < -0.4 is 25.7 Å². The number of nitrogen functional groups attached to an aromatic ring is 2. The number of hydrogen-bond donors (Lipinski definition) is 3. The lowest BCUT2D eigenvalue weighted by molar-refractivity contribution is -0.542. The Morgan fingerprint density at radius 2 is 0.938 bits per heavy atom. The summed E-state index contributed by atoms with van der Waals surface area (Å²) in [6.45, 7) is 4.89. The van der Waals surface area contributed by atoms with Crippen LogP contribution in [0, 0.1) is 51.1 Å². The fourth-order valence-electron chi connectivity index (χ4n) is 4.62. The van der Waals surface area contributed by atoms with E-state index in [2.05, 4.69) is 29.2 Å². The lowest BCUT2D eigenvalue weighted by atomic mass is 10.2. The Morgan fingerprint density at radius 3 is 1.26 bits per heavy atom. The average Bonchev–Trinajstić information content (AvgIpc) is 3.92. The molecule has 21 nitrogen and oxygen atoms in total. The molecule has 0 fully saturated rings. The van der Waals surface area contributed by atoms with E-state index >= 15 is 0 Å². The first-order chi connectivity index (χ1) is 29.6. The maximum Gasteiger partial charge on any atom is 0.573 e. The lowest BCUT2D eigenvalue weighted by Gasteiger charge is -2.11. The van der Waals surface area contributed by atoms with E-state index in [9.17, 15) is 69.9 Å². The van der Waals surface area contributed by atoms with Crippen molar-refractivity contribution in [2.75, 3.05) is 18.6 Å². The second-order valence-corrected chi connectivity index (χ2v) is 11.9. The highest BCUT2D eigenvalue weighted by Gasteiger charge is 2.33. The molecule has 3 aromatic heterocycles. The normalized spacial score (nSPS) is 10.7. The van der Waals surface area contributed by atoms with Gasteiger partial charge in [0, 0.05) is 32.4 Å². The van der Waals surface area contributed by atoms with Crippen LogP contribution in [0.4, 0.5) is 62.7 Å². The highest BCUT2D eigenvalue weighted by Crippen LogP contribution is 2.29. The predicted molar refractivity (Wildman–Crippen MR) is 212 cm³/mol. The number of nitrogens with zero attached hydrogens (tertiary/aromatic N) is 9. The van der Waals surface area contributed by atoms with Gasteiger partial charge >= 0.3 is 30.7 Å². The van der Waals surface area contributed by atoms with Gasteiger partial charge in [0.2, 0.25) is 6.33 Å². The van der Waals surface area contributed by atoms with Gasteiger partial charge < -0.3 is 55.6 Å². The Morgan fingerprint density at radius 1 is 0.569 bits per heavy atom. The van der Waals surface area contributed by atoms with E-state index in [-0.39, 0.29) is 37.5 Å². The van der Waals surface area contributed by atoms with Crippen molar-refractivity contribution in [3.63, 3.8) is 0 Å². The first kappa shape index (κ1) is 54.8. The molecule has 0 bridgehead atoms. The summed E-state index contributed by atoms with van der Waals surface area (Å²) in [7, 11) is 1.00. The zero-order valence-corrected chi connectivity index (χ0v) is 32.9. The van der Waals surface area contributed by atoms with Crippen LogP contribution in [0.5, 0.6) is 17.2 Å². The van der Waals surface area contributed by atoms with Gasteiger partial charge in [-0.15, -0.1) is 39.5 Å². The van der Waals surface area contributed by atoms with Gasteiger partial charge in [0.25, 0.3) is 6.33 Å². The van der Waals surface area contributed by atoms with Crippen molar-refractivity contribution in [1.82, 2.24) is 28.8 Å². The summed E-state index contributed by atoms with van der Waals surface area (Å²) in [6.07, 6.45) is -7.52. The number of imidazole rings is 3. The van der Waals surface area contributed by atoms with Crippen molar-refractivity contribution in [2.24, 2.45) is 0 Å². The fourth-order valence-corrected chi connectivity index (χ4v) is 4.62. The minimum Gasteiger partial charge on any atom is -0.406 e. The smallest absolute Gasteiger partial charge is 0.406 e. The third kappa shape index (κ3) is 20.0. The molecule has 0 aliphatic carbocycles. The maximum absolute atomic E-state index is 12.2. The van der Waals surface area contributed by atoms with Gasteiger partial charge in [0.15, 0.2) is 11.2 Å². The van der Waals surface area contributed by atoms with Crippen molar-refractivity contribution < 1.29 is 75.1 Å². The van der Waals surface area contributed by atoms with Gasteiger partial charge in [-0.1, -0.05) is 7.43 Å². The van der Waals surface area contributed by atoms with Crippen molar-refractivity contribution in [1.29, 1.82) is 0 Å². The van der Waals surface area contributed by atoms with Crippen LogP contribution in [0.2, 0.25) is 0 Å². The number of halogens is 9. The standard InChI is InChI=1S/C11H8F3N3O3.C11H10F3N3O.C8H8F3NO.C3H2N4O4.CH4O.CH4.H2/c1-7-2-8(4-9(3-7)20-11(12,13)14)16-5-10(15-6-16)17(18)19;1-7-2-8(17-5-10(15)16-6-17)4-9(3-7)18-11(12,13)14;1-5-2-6(12)4-7(3-5)13-8(9,10)11;8-6(9)3-1-5(2-4-3)7(10)11;1-2;;/h2-6H,1H3;2-6H,15H2,1H3;2-4H,12H2,1H3;1-2H;2H,1H3;1H4;1H. The summed E-state index contributed by atoms with van der Waals surface area (Å²) in [6, 6.07) is 12.1. The molecule has 0 spiro atoms. The summed E-state index contributed by atoms with van der Waals surface area (Å²) < 4.78 is 123. The molecule has 0 saturated carbocycles. The Labute approximate surface area is 360 Å². The highest BCUT2D eigenvalue weighted by atomic mass is 19.4. The lowest BCUT2D eigenvalue weighted by Crippen LogP contribution is -2.17. The maximum atomic E-state index is 12.2. The molecular formula is C35H38F9N11O10. The molecule has 3 aromatic carbocycles. The van der Waals surface area contributed by atoms with E-state index in [0.717, 1.165) is 44.3 Å². The Hall–Kier alpha value is -8.18. The van der Waals surface area contributed by atoms with Gasteiger partial charge in [-0.05, 0) is 98.4 Å². The molecule has 0 aliphatic heterocycles. The summed E-state index contributed by atoms with van der Waals surface area (Å²) in [4.78, 5) is 39.4. The van der Waals surface area contributed by atoms with Gasteiger partial charge in [-0.25, -0.2) is 15.1 Å². The molecule has 0 amide bonds. The predicted octanol–water partition coefficient (Wildman–Crippen LogP) is 8.45. The number of aliphatic hydroxyl groups is 1. The summed E-state index contributed by atoms with van der Waals surface area (Å²) in [5, 5.41) is 36.6. The summed E-state index contributed by atoms with van der Waals surface area (Å²) >= 11 is 0. The fraction of sp³-hybridized carbons (Fsp3) is 0.229. The van der Waals surface area contributed by atoms with Crippen LogP contribution in [0.15, 0.2) is 92.2 Å². The van der Waals surface area contributed by atoms with Gasteiger partial charge in [-0.2, -0.15) is 0 Å².